The first kappa shape index (κ1) is 11.3. The van der Waals surface area contributed by atoms with Crippen LogP contribution in [0.4, 0.5) is 5.69 Å². The third-order valence-corrected chi connectivity index (χ3v) is 3.11. The Morgan fingerprint density at radius 2 is 2.06 bits per heavy atom. The maximum absolute atomic E-state index is 5.44. The summed E-state index contributed by atoms with van der Waals surface area (Å²) in [6.45, 7) is 6.41. The number of piperazine rings is 1. The smallest absolute Gasteiger partial charge is 0.142 e. The summed E-state index contributed by atoms with van der Waals surface area (Å²) in [5.74, 6) is 0.985. The highest BCUT2D eigenvalue weighted by molar-refractivity contribution is 5.60. The fraction of sp³-hybridized carbons (Fsp3) is 0.538. The zero-order chi connectivity index (χ0) is 11.4. The number of ether oxygens (including phenoxy) is 1. The molecule has 3 nitrogen and oxygen atoms in total. The lowest BCUT2D eigenvalue weighted by molar-refractivity contribution is 0.413. The molecule has 0 amide bonds. The molecule has 88 valence electrons. The van der Waals surface area contributed by atoms with Gasteiger partial charge >= 0.3 is 0 Å². The van der Waals surface area contributed by atoms with Crippen LogP contribution in [0.1, 0.15) is 12.5 Å². The van der Waals surface area contributed by atoms with E-state index in [1.54, 1.807) is 7.11 Å². The number of methoxy groups -OCH3 is 1. The lowest BCUT2D eigenvalue weighted by atomic mass is 10.1. The van der Waals surface area contributed by atoms with Gasteiger partial charge in [-0.25, -0.2) is 0 Å². The Hall–Kier alpha value is -1.22. The van der Waals surface area contributed by atoms with Gasteiger partial charge < -0.3 is 15.0 Å². The van der Waals surface area contributed by atoms with Crippen LogP contribution in [-0.2, 0) is 6.42 Å². The summed E-state index contributed by atoms with van der Waals surface area (Å²) in [6, 6.07) is 6.48. The van der Waals surface area contributed by atoms with Gasteiger partial charge in [0.15, 0.2) is 0 Å². The largest absolute Gasteiger partial charge is 0.495 e. The number of benzene rings is 1. The highest BCUT2D eigenvalue weighted by atomic mass is 16.5. The molecule has 16 heavy (non-hydrogen) atoms. The van der Waals surface area contributed by atoms with Crippen molar-refractivity contribution in [1.29, 1.82) is 0 Å². The number of rotatable bonds is 3. The fourth-order valence-electron chi connectivity index (χ4n) is 2.11. The third kappa shape index (κ3) is 2.30. The van der Waals surface area contributed by atoms with E-state index in [9.17, 15) is 0 Å². The van der Waals surface area contributed by atoms with E-state index in [0.29, 0.717) is 0 Å². The zero-order valence-electron chi connectivity index (χ0n) is 10.1. The summed E-state index contributed by atoms with van der Waals surface area (Å²) >= 11 is 0. The summed E-state index contributed by atoms with van der Waals surface area (Å²) in [5, 5.41) is 3.37. The maximum atomic E-state index is 5.44. The monoisotopic (exact) mass is 220 g/mol. The molecule has 3 heteroatoms. The van der Waals surface area contributed by atoms with Crippen LogP contribution in [0.15, 0.2) is 18.2 Å². The topological polar surface area (TPSA) is 24.5 Å². The molecule has 0 spiro atoms. The van der Waals surface area contributed by atoms with Gasteiger partial charge in [0.1, 0.15) is 5.75 Å². The normalized spacial score (nSPS) is 16.2. The van der Waals surface area contributed by atoms with Crippen LogP contribution in [0.5, 0.6) is 5.75 Å². The van der Waals surface area contributed by atoms with E-state index < -0.39 is 0 Å². The number of nitrogens with one attached hydrogen (secondary N) is 1. The van der Waals surface area contributed by atoms with E-state index in [1.165, 1.54) is 11.3 Å². The highest BCUT2D eigenvalue weighted by Crippen LogP contribution is 2.29. The third-order valence-electron chi connectivity index (χ3n) is 3.11. The van der Waals surface area contributed by atoms with Crippen LogP contribution >= 0.6 is 0 Å². The van der Waals surface area contributed by atoms with Crippen molar-refractivity contribution in [3.63, 3.8) is 0 Å². The van der Waals surface area contributed by atoms with Gasteiger partial charge in [0.2, 0.25) is 0 Å². The molecular formula is C13H20N2O. The molecule has 0 bridgehead atoms. The van der Waals surface area contributed by atoms with Crippen LogP contribution in [0.2, 0.25) is 0 Å². The summed E-state index contributed by atoms with van der Waals surface area (Å²) in [4.78, 5) is 2.40. The van der Waals surface area contributed by atoms with Gasteiger partial charge in [-0.05, 0) is 24.1 Å². The van der Waals surface area contributed by atoms with Crippen molar-refractivity contribution in [3.8, 4) is 5.75 Å². The molecule has 1 fully saturated rings. The van der Waals surface area contributed by atoms with Gasteiger partial charge in [-0.2, -0.15) is 0 Å². The highest BCUT2D eigenvalue weighted by Gasteiger charge is 2.14. The number of hydrogen-bond donors (Lipinski definition) is 1. The molecule has 1 aromatic carbocycles. The van der Waals surface area contributed by atoms with Crippen molar-refractivity contribution in [1.82, 2.24) is 5.32 Å². The fourth-order valence-corrected chi connectivity index (χ4v) is 2.11. The second-order valence-corrected chi connectivity index (χ2v) is 4.10. The lowest BCUT2D eigenvalue weighted by Crippen LogP contribution is -2.43. The van der Waals surface area contributed by atoms with Crippen molar-refractivity contribution in [2.24, 2.45) is 0 Å². The summed E-state index contributed by atoms with van der Waals surface area (Å²) < 4.78 is 5.44. The Morgan fingerprint density at radius 3 is 2.69 bits per heavy atom. The Morgan fingerprint density at radius 1 is 1.31 bits per heavy atom. The summed E-state index contributed by atoms with van der Waals surface area (Å²) in [6.07, 6.45) is 1.07. The average Bonchev–Trinajstić information content (AvgIpc) is 2.39. The molecule has 0 saturated carbocycles. The molecule has 1 aliphatic heterocycles. The van der Waals surface area contributed by atoms with Crippen molar-refractivity contribution in [2.75, 3.05) is 38.2 Å². The van der Waals surface area contributed by atoms with Crippen molar-refractivity contribution in [3.05, 3.63) is 23.8 Å². The Labute approximate surface area is 97.4 Å². The van der Waals surface area contributed by atoms with Gasteiger partial charge in [0, 0.05) is 26.2 Å². The molecule has 1 aliphatic rings. The predicted molar refractivity (Wildman–Crippen MR) is 67.5 cm³/mol. The first-order valence-electron chi connectivity index (χ1n) is 5.97. The van der Waals surface area contributed by atoms with Gasteiger partial charge in [-0.1, -0.05) is 13.0 Å². The van der Waals surface area contributed by atoms with E-state index in [-0.39, 0.29) is 0 Å². The zero-order valence-corrected chi connectivity index (χ0v) is 10.1. The molecule has 1 heterocycles. The molecule has 0 unspecified atom stereocenters. The Balaban J connectivity index is 2.27. The van der Waals surface area contributed by atoms with Crippen LogP contribution in [-0.4, -0.2) is 33.3 Å². The number of aryl methyl sites for hydroxylation is 1. The predicted octanol–water partition coefficient (Wildman–Crippen LogP) is 1.67. The van der Waals surface area contributed by atoms with Gasteiger partial charge in [0.25, 0.3) is 0 Å². The van der Waals surface area contributed by atoms with Gasteiger partial charge in [-0.3, -0.25) is 0 Å². The molecule has 0 aromatic heterocycles. The Kier molecular flexibility index (Phi) is 3.67. The van der Waals surface area contributed by atoms with Gasteiger partial charge in [0.05, 0.1) is 12.8 Å². The van der Waals surface area contributed by atoms with Gasteiger partial charge in [-0.15, -0.1) is 0 Å². The second-order valence-electron chi connectivity index (χ2n) is 4.10. The first-order chi connectivity index (χ1) is 7.85. The number of anilines is 1. The SMILES string of the molecule is CCc1ccc(OC)c(N2CCNCC2)c1. The maximum Gasteiger partial charge on any atom is 0.142 e. The quantitative estimate of drug-likeness (QED) is 0.838. The van der Waals surface area contributed by atoms with Crippen molar-refractivity contribution in [2.45, 2.75) is 13.3 Å². The summed E-state index contributed by atoms with van der Waals surface area (Å²) in [7, 11) is 1.74. The molecule has 1 saturated heterocycles. The molecule has 0 radical (unpaired) electrons. The minimum atomic E-state index is 0.985. The van der Waals surface area contributed by atoms with Crippen molar-refractivity contribution < 1.29 is 4.74 Å². The standard InChI is InChI=1S/C13H20N2O/c1-3-11-4-5-13(16-2)12(10-11)15-8-6-14-7-9-15/h4-5,10,14H,3,6-9H2,1-2H3. The van der Waals surface area contributed by atoms with Crippen molar-refractivity contribution >= 4 is 5.69 Å². The lowest BCUT2D eigenvalue weighted by Gasteiger charge is -2.30. The number of hydrogen-bond acceptors (Lipinski definition) is 3. The van der Waals surface area contributed by atoms with Crippen LogP contribution < -0.4 is 15.0 Å². The molecule has 1 aromatic rings. The first-order valence-corrected chi connectivity index (χ1v) is 5.97. The second kappa shape index (κ2) is 5.21. The van der Waals surface area contributed by atoms with Crippen LogP contribution in [0.3, 0.4) is 0 Å². The molecular weight excluding hydrogens is 200 g/mol. The van der Waals surface area contributed by atoms with E-state index in [2.05, 4.69) is 35.3 Å². The van der Waals surface area contributed by atoms with E-state index >= 15 is 0 Å². The van der Waals surface area contributed by atoms with E-state index in [4.69, 9.17) is 4.74 Å². The Bertz CT molecular complexity index is 346. The average molecular weight is 220 g/mol. The minimum Gasteiger partial charge on any atom is -0.495 e. The van der Waals surface area contributed by atoms with E-state index in [0.717, 1.165) is 38.3 Å². The molecule has 1 N–H and O–H groups in total. The van der Waals surface area contributed by atoms with Crippen LogP contribution in [0, 0.1) is 0 Å². The minimum absolute atomic E-state index is 0.985. The van der Waals surface area contributed by atoms with E-state index in [1.807, 2.05) is 0 Å². The summed E-state index contributed by atoms with van der Waals surface area (Å²) in [5.41, 5.74) is 2.61. The van der Waals surface area contributed by atoms with Crippen LogP contribution in [0.25, 0.3) is 0 Å². The molecule has 0 aliphatic carbocycles. The molecule has 2 rings (SSSR count). The number of nitrogens with zero attached hydrogens (tertiary/aromatic N) is 1. The molecule has 0 atom stereocenters.